The van der Waals surface area contributed by atoms with E-state index in [-0.39, 0.29) is 22.4 Å². The highest BCUT2D eigenvalue weighted by Crippen LogP contribution is 2.32. The van der Waals surface area contributed by atoms with E-state index in [1.165, 1.54) is 18.2 Å². The number of carboxylic acid groups (broad SMARTS) is 1. The number of anilines is 1. The summed E-state index contributed by atoms with van der Waals surface area (Å²) in [4.78, 5) is 27.5. The van der Waals surface area contributed by atoms with E-state index in [1.807, 2.05) is 19.9 Å². The summed E-state index contributed by atoms with van der Waals surface area (Å²) in [5, 5.41) is 20.0. The molecular weight excluding hydrogens is 366 g/mol. The van der Waals surface area contributed by atoms with Crippen LogP contribution >= 0.6 is 0 Å². The zero-order valence-corrected chi connectivity index (χ0v) is 17.6. The van der Waals surface area contributed by atoms with Gasteiger partial charge in [-0.2, -0.15) is 0 Å². The first kappa shape index (κ1) is 22.5. The van der Waals surface area contributed by atoms with Crippen molar-refractivity contribution in [1.82, 2.24) is 0 Å². The van der Waals surface area contributed by atoms with Gasteiger partial charge >= 0.3 is 5.97 Å². The van der Waals surface area contributed by atoms with E-state index < -0.39 is 11.8 Å². The standard InChI is InChI=1S/C24H31NO4/c1-4-7-8-9-12-17-20(25(5-2)6-3)16-15-19(24(28)29)22(17)23(27)18-13-10-11-14-21(18)26/h10-11,13-16,26H,4-9,12H2,1-3H3,(H,28,29). The molecule has 0 saturated heterocycles. The number of hydrogen-bond donors (Lipinski definition) is 2. The zero-order valence-electron chi connectivity index (χ0n) is 17.6. The lowest BCUT2D eigenvalue weighted by molar-refractivity contribution is 0.0692. The van der Waals surface area contributed by atoms with Crippen LogP contribution < -0.4 is 4.90 Å². The van der Waals surface area contributed by atoms with Gasteiger partial charge in [-0.05, 0) is 56.5 Å². The van der Waals surface area contributed by atoms with E-state index in [0.29, 0.717) is 6.42 Å². The van der Waals surface area contributed by atoms with Gasteiger partial charge in [0.05, 0.1) is 11.1 Å². The number of carboxylic acids is 1. The van der Waals surface area contributed by atoms with Crippen molar-refractivity contribution in [3.05, 3.63) is 58.7 Å². The minimum absolute atomic E-state index is 0.0142. The molecule has 29 heavy (non-hydrogen) atoms. The quantitative estimate of drug-likeness (QED) is 0.398. The first-order chi connectivity index (χ1) is 14.0. The van der Waals surface area contributed by atoms with Gasteiger partial charge in [0.25, 0.3) is 0 Å². The maximum atomic E-state index is 13.4. The van der Waals surface area contributed by atoms with E-state index in [1.54, 1.807) is 12.1 Å². The smallest absolute Gasteiger partial charge is 0.336 e. The highest BCUT2D eigenvalue weighted by atomic mass is 16.4. The minimum atomic E-state index is -1.13. The summed E-state index contributed by atoms with van der Waals surface area (Å²) in [6, 6.07) is 9.62. The molecule has 0 aliphatic heterocycles. The van der Waals surface area contributed by atoms with Crippen molar-refractivity contribution in [3.8, 4) is 5.75 Å². The maximum absolute atomic E-state index is 13.4. The van der Waals surface area contributed by atoms with Crippen molar-refractivity contribution in [2.75, 3.05) is 18.0 Å². The fourth-order valence-corrected chi connectivity index (χ4v) is 3.72. The molecule has 0 fully saturated rings. The second-order valence-electron chi connectivity index (χ2n) is 7.12. The van der Waals surface area contributed by atoms with Crippen LogP contribution in [0.15, 0.2) is 36.4 Å². The number of para-hydroxylation sites is 1. The van der Waals surface area contributed by atoms with E-state index in [9.17, 15) is 19.8 Å². The monoisotopic (exact) mass is 397 g/mol. The SMILES string of the molecule is CCCCCCc1c(N(CC)CC)ccc(C(=O)O)c1C(=O)c1ccccc1O. The Morgan fingerprint density at radius 3 is 2.17 bits per heavy atom. The zero-order chi connectivity index (χ0) is 21.4. The van der Waals surface area contributed by atoms with Crippen LogP contribution in [-0.4, -0.2) is 35.1 Å². The first-order valence-corrected chi connectivity index (χ1v) is 10.4. The third kappa shape index (κ3) is 5.17. The third-order valence-electron chi connectivity index (χ3n) is 5.28. The van der Waals surface area contributed by atoms with Crippen LogP contribution in [0.4, 0.5) is 5.69 Å². The fraction of sp³-hybridized carbons (Fsp3) is 0.417. The lowest BCUT2D eigenvalue weighted by Crippen LogP contribution is -2.25. The average Bonchev–Trinajstić information content (AvgIpc) is 2.72. The Bertz CT molecular complexity index is 856. The Morgan fingerprint density at radius 2 is 1.59 bits per heavy atom. The van der Waals surface area contributed by atoms with E-state index >= 15 is 0 Å². The van der Waals surface area contributed by atoms with Gasteiger partial charge < -0.3 is 15.1 Å². The number of ketones is 1. The molecule has 2 rings (SSSR count). The largest absolute Gasteiger partial charge is 0.507 e. The van der Waals surface area contributed by atoms with E-state index in [2.05, 4.69) is 11.8 Å². The molecule has 5 nitrogen and oxygen atoms in total. The molecule has 0 unspecified atom stereocenters. The number of rotatable bonds is 11. The second kappa shape index (κ2) is 10.6. The molecule has 2 aromatic carbocycles. The lowest BCUT2D eigenvalue weighted by atomic mass is 9.88. The highest BCUT2D eigenvalue weighted by Gasteiger charge is 2.26. The molecule has 156 valence electrons. The molecule has 0 aromatic heterocycles. The van der Waals surface area contributed by atoms with E-state index in [0.717, 1.165) is 50.0 Å². The number of aromatic hydroxyl groups is 1. The van der Waals surface area contributed by atoms with Crippen LogP contribution in [0.2, 0.25) is 0 Å². The number of benzene rings is 2. The van der Waals surface area contributed by atoms with Gasteiger partial charge in [0.1, 0.15) is 5.75 Å². The summed E-state index contributed by atoms with van der Waals surface area (Å²) in [6.45, 7) is 7.74. The molecule has 2 N–H and O–H groups in total. The van der Waals surface area contributed by atoms with Crippen LogP contribution in [0.1, 0.15) is 78.3 Å². The number of carbonyl (C=O) groups excluding carboxylic acids is 1. The van der Waals surface area contributed by atoms with Gasteiger partial charge in [-0.25, -0.2) is 4.79 Å². The van der Waals surface area contributed by atoms with Gasteiger partial charge in [0.2, 0.25) is 0 Å². The molecule has 0 aliphatic carbocycles. The van der Waals surface area contributed by atoms with Crippen LogP contribution in [0.5, 0.6) is 5.75 Å². The number of hydrogen-bond acceptors (Lipinski definition) is 4. The van der Waals surface area contributed by atoms with E-state index in [4.69, 9.17) is 0 Å². The van der Waals surface area contributed by atoms with Crippen molar-refractivity contribution in [1.29, 1.82) is 0 Å². The van der Waals surface area contributed by atoms with Crippen molar-refractivity contribution >= 4 is 17.4 Å². The summed E-state index contributed by atoms with van der Waals surface area (Å²) in [6.07, 6.45) is 4.73. The van der Waals surface area contributed by atoms with Gasteiger partial charge in [-0.1, -0.05) is 38.3 Å². The number of phenols is 1. The lowest BCUT2D eigenvalue weighted by Gasteiger charge is -2.26. The molecule has 0 aliphatic rings. The number of phenolic OH excluding ortho intramolecular Hbond substituents is 1. The van der Waals surface area contributed by atoms with Crippen LogP contribution in [0, 0.1) is 0 Å². The molecular formula is C24H31NO4. The molecule has 2 aromatic rings. The summed E-state index contributed by atoms with van der Waals surface area (Å²) < 4.78 is 0. The molecule has 0 radical (unpaired) electrons. The van der Waals surface area contributed by atoms with Gasteiger partial charge in [0.15, 0.2) is 5.78 Å². The Morgan fingerprint density at radius 1 is 0.897 bits per heavy atom. The first-order valence-electron chi connectivity index (χ1n) is 10.4. The van der Waals surface area contributed by atoms with Gasteiger partial charge in [0, 0.05) is 24.3 Å². The van der Waals surface area contributed by atoms with Gasteiger partial charge in [-0.15, -0.1) is 0 Å². The predicted molar refractivity (Wildman–Crippen MR) is 116 cm³/mol. The maximum Gasteiger partial charge on any atom is 0.336 e. The van der Waals surface area contributed by atoms with Crippen molar-refractivity contribution in [2.24, 2.45) is 0 Å². The van der Waals surface area contributed by atoms with Crippen molar-refractivity contribution in [3.63, 3.8) is 0 Å². The fourth-order valence-electron chi connectivity index (χ4n) is 3.72. The molecule has 0 saturated carbocycles. The minimum Gasteiger partial charge on any atom is -0.507 e. The molecule has 0 bridgehead atoms. The molecule has 0 spiro atoms. The second-order valence-corrected chi connectivity index (χ2v) is 7.12. The normalized spacial score (nSPS) is 10.7. The van der Waals surface area contributed by atoms with Crippen molar-refractivity contribution in [2.45, 2.75) is 52.9 Å². The molecule has 5 heteroatoms. The Labute approximate surface area is 173 Å². The van der Waals surface area contributed by atoms with Crippen LogP contribution in [0.3, 0.4) is 0 Å². The Kier molecular flexibility index (Phi) is 8.25. The van der Waals surface area contributed by atoms with Gasteiger partial charge in [-0.3, -0.25) is 4.79 Å². The number of unbranched alkanes of at least 4 members (excludes halogenated alkanes) is 3. The van der Waals surface area contributed by atoms with Crippen LogP contribution in [0.25, 0.3) is 0 Å². The molecule has 0 amide bonds. The number of aromatic carboxylic acids is 1. The topological polar surface area (TPSA) is 77.8 Å². The predicted octanol–water partition coefficient (Wildman–Crippen LogP) is 5.29. The number of carbonyl (C=O) groups is 2. The summed E-state index contributed by atoms with van der Waals surface area (Å²) >= 11 is 0. The number of nitrogens with zero attached hydrogens (tertiary/aromatic N) is 1. The third-order valence-corrected chi connectivity index (χ3v) is 5.28. The van der Waals surface area contributed by atoms with Crippen LogP contribution in [-0.2, 0) is 6.42 Å². The Hall–Kier alpha value is -2.82. The summed E-state index contributed by atoms with van der Waals surface area (Å²) in [7, 11) is 0. The highest BCUT2D eigenvalue weighted by molar-refractivity contribution is 6.17. The molecule has 0 atom stereocenters. The Balaban J connectivity index is 2.68. The summed E-state index contributed by atoms with van der Waals surface area (Å²) in [5.41, 5.74) is 1.97. The van der Waals surface area contributed by atoms with Crippen molar-refractivity contribution < 1.29 is 19.8 Å². The molecule has 0 heterocycles. The average molecular weight is 398 g/mol. The summed E-state index contributed by atoms with van der Waals surface area (Å²) in [5.74, 6) is -1.72.